The number of carbonyl (C=O) groups is 1. The van der Waals surface area contributed by atoms with Crippen molar-refractivity contribution in [3.63, 3.8) is 0 Å². The van der Waals surface area contributed by atoms with Crippen molar-refractivity contribution < 1.29 is 4.79 Å². The molecule has 0 saturated carbocycles. The molecule has 0 saturated heterocycles. The van der Waals surface area contributed by atoms with Gasteiger partial charge in [-0.3, -0.25) is 18.7 Å². The molecule has 0 spiro atoms. The van der Waals surface area contributed by atoms with E-state index < -0.39 is 11.2 Å². The first kappa shape index (κ1) is 17.9. The third kappa shape index (κ3) is 3.88. The van der Waals surface area contributed by atoms with Gasteiger partial charge in [0.15, 0.2) is 0 Å². The highest BCUT2D eigenvalue weighted by molar-refractivity contribution is 5.92. The average Bonchev–Trinajstić information content (AvgIpc) is 2.57. The van der Waals surface area contributed by atoms with Gasteiger partial charge in [-0.25, -0.2) is 9.78 Å². The highest BCUT2D eigenvalue weighted by Gasteiger charge is 2.11. The predicted octanol–water partition coefficient (Wildman–Crippen LogP) is 0.480. The van der Waals surface area contributed by atoms with Gasteiger partial charge < -0.3 is 11.1 Å². The molecule has 0 aliphatic heterocycles. The van der Waals surface area contributed by atoms with Gasteiger partial charge >= 0.3 is 5.69 Å². The lowest BCUT2D eigenvalue weighted by Crippen LogP contribution is -2.37. The third-order valence-corrected chi connectivity index (χ3v) is 3.93. The highest BCUT2D eigenvalue weighted by atomic mass is 16.2. The number of hydrogen-bond donors (Lipinski definition) is 2. The van der Waals surface area contributed by atoms with Crippen LogP contribution in [0, 0.1) is 0 Å². The van der Waals surface area contributed by atoms with Crippen LogP contribution in [0.15, 0.2) is 21.9 Å². The molecule has 0 aliphatic carbocycles. The number of pyridine rings is 1. The first-order valence-electron chi connectivity index (χ1n) is 8.01. The van der Waals surface area contributed by atoms with E-state index in [4.69, 9.17) is 5.73 Å². The topological polar surface area (TPSA) is 112 Å². The second-order valence-corrected chi connectivity index (χ2v) is 5.80. The van der Waals surface area contributed by atoms with Gasteiger partial charge in [0.05, 0.1) is 17.3 Å². The van der Waals surface area contributed by atoms with Gasteiger partial charge in [0.25, 0.3) is 5.56 Å². The Labute approximate surface area is 139 Å². The van der Waals surface area contributed by atoms with Gasteiger partial charge in [0.2, 0.25) is 5.91 Å². The molecule has 24 heavy (non-hydrogen) atoms. The predicted molar refractivity (Wildman–Crippen MR) is 93.0 cm³/mol. The number of amides is 1. The summed E-state index contributed by atoms with van der Waals surface area (Å²) in [6.45, 7) is 0.673. The van der Waals surface area contributed by atoms with E-state index in [1.54, 1.807) is 13.1 Å². The molecule has 2 aromatic heterocycles. The van der Waals surface area contributed by atoms with Crippen molar-refractivity contribution in [1.29, 1.82) is 0 Å². The SMILES string of the molecule is Cn1c(=O)c2cc(NC(=O)CCCCCCN)cnc2n(C)c1=O. The fraction of sp³-hybridized carbons (Fsp3) is 0.500. The van der Waals surface area contributed by atoms with Crippen molar-refractivity contribution in [2.45, 2.75) is 32.1 Å². The molecule has 0 atom stereocenters. The van der Waals surface area contributed by atoms with Gasteiger partial charge in [-0.1, -0.05) is 12.8 Å². The molecular weight excluding hydrogens is 310 g/mol. The van der Waals surface area contributed by atoms with E-state index in [9.17, 15) is 14.4 Å². The number of carbonyl (C=O) groups excluding carboxylic acids is 1. The van der Waals surface area contributed by atoms with Gasteiger partial charge in [0, 0.05) is 20.5 Å². The number of rotatable bonds is 7. The Hall–Kier alpha value is -2.48. The van der Waals surface area contributed by atoms with Crippen LogP contribution in [-0.2, 0) is 18.9 Å². The zero-order valence-electron chi connectivity index (χ0n) is 14.0. The number of aryl methyl sites for hydroxylation is 1. The van der Waals surface area contributed by atoms with Crippen LogP contribution in [0.25, 0.3) is 11.0 Å². The number of fused-ring (bicyclic) bond motifs is 1. The van der Waals surface area contributed by atoms with Crippen LogP contribution in [0.5, 0.6) is 0 Å². The minimum absolute atomic E-state index is 0.120. The molecule has 2 aromatic rings. The minimum Gasteiger partial charge on any atom is -0.330 e. The van der Waals surface area contributed by atoms with E-state index in [1.165, 1.54) is 17.8 Å². The number of unbranched alkanes of at least 4 members (excludes halogenated alkanes) is 3. The van der Waals surface area contributed by atoms with Crippen LogP contribution in [0.2, 0.25) is 0 Å². The molecule has 8 heteroatoms. The molecule has 2 heterocycles. The first-order valence-corrected chi connectivity index (χ1v) is 8.01. The Balaban J connectivity index is 2.12. The second-order valence-electron chi connectivity index (χ2n) is 5.80. The fourth-order valence-corrected chi connectivity index (χ4v) is 2.54. The molecule has 0 unspecified atom stereocenters. The van der Waals surface area contributed by atoms with Crippen LogP contribution in [0.1, 0.15) is 32.1 Å². The number of nitrogens with zero attached hydrogens (tertiary/aromatic N) is 3. The van der Waals surface area contributed by atoms with Crippen LogP contribution >= 0.6 is 0 Å². The Bertz CT molecular complexity index is 853. The zero-order chi connectivity index (χ0) is 17.7. The van der Waals surface area contributed by atoms with Crippen molar-refractivity contribution in [3.05, 3.63) is 33.1 Å². The summed E-state index contributed by atoms with van der Waals surface area (Å²) in [5.74, 6) is -0.120. The lowest BCUT2D eigenvalue weighted by atomic mass is 10.1. The Morgan fingerprint density at radius 3 is 2.58 bits per heavy atom. The van der Waals surface area contributed by atoms with Crippen molar-refractivity contribution in [1.82, 2.24) is 14.1 Å². The Morgan fingerprint density at radius 1 is 1.17 bits per heavy atom. The smallest absolute Gasteiger partial charge is 0.330 e. The van der Waals surface area contributed by atoms with Crippen molar-refractivity contribution in [3.8, 4) is 0 Å². The number of anilines is 1. The molecule has 0 fully saturated rings. The summed E-state index contributed by atoms with van der Waals surface area (Å²) in [4.78, 5) is 40.2. The van der Waals surface area contributed by atoms with Gasteiger partial charge in [-0.15, -0.1) is 0 Å². The monoisotopic (exact) mass is 333 g/mol. The Morgan fingerprint density at radius 2 is 1.88 bits per heavy atom. The molecule has 130 valence electrons. The molecule has 8 nitrogen and oxygen atoms in total. The van der Waals surface area contributed by atoms with E-state index in [0.717, 1.165) is 30.3 Å². The summed E-state index contributed by atoms with van der Waals surface area (Å²) < 4.78 is 2.33. The quantitative estimate of drug-likeness (QED) is 0.716. The van der Waals surface area contributed by atoms with E-state index >= 15 is 0 Å². The van der Waals surface area contributed by atoms with Crippen LogP contribution in [0.4, 0.5) is 5.69 Å². The zero-order valence-corrected chi connectivity index (χ0v) is 14.0. The lowest BCUT2D eigenvalue weighted by molar-refractivity contribution is -0.116. The summed E-state index contributed by atoms with van der Waals surface area (Å²) in [5, 5.41) is 3.04. The molecule has 0 bridgehead atoms. The van der Waals surface area contributed by atoms with Crippen molar-refractivity contribution in [2.75, 3.05) is 11.9 Å². The summed E-state index contributed by atoms with van der Waals surface area (Å²) in [7, 11) is 2.97. The fourth-order valence-electron chi connectivity index (χ4n) is 2.54. The molecular formula is C16H23N5O3. The number of nitrogens with two attached hydrogens (primary N) is 1. The molecule has 0 radical (unpaired) electrons. The van der Waals surface area contributed by atoms with Gasteiger partial charge in [-0.05, 0) is 25.5 Å². The lowest BCUT2D eigenvalue weighted by Gasteiger charge is -2.09. The largest absolute Gasteiger partial charge is 0.332 e. The van der Waals surface area contributed by atoms with E-state index in [2.05, 4.69) is 10.3 Å². The standard InChI is InChI=1S/C16H23N5O3/c1-20-14-12(15(23)21(2)16(20)24)9-11(10-18-14)19-13(22)7-5-3-4-6-8-17/h9-10H,3-8,17H2,1-2H3,(H,19,22). The summed E-state index contributed by atoms with van der Waals surface area (Å²) >= 11 is 0. The van der Waals surface area contributed by atoms with Crippen molar-refractivity contribution >= 4 is 22.6 Å². The second kappa shape index (κ2) is 7.87. The third-order valence-electron chi connectivity index (χ3n) is 3.93. The summed E-state index contributed by atoms with van der Waals surface area (Å²) in [6.07, 6.45) is 5.61. The molecule has 2 rings (SSSR count). The summed E-state index contributed by atoms with van der Waals surface area (Å²) in [5.41, 5.74) is 5.30. The number of hydrogen-bond acceptors (Lipinski definition) is 5. The molecule has 1 amide bonds. The minimum atomic E-state index is -0.436. The van der Waals surface area contributed by atoms with Gasteiger partial charge in [0.1, 0.15) is 5.65 Å². The Kier molecular flexibility index (Phi) is 5.86. The first-order chi connectivity index (χ1) is 11.5. The van der Waals surface area contributed by atoms with Crippen LogP contribution in [0.3, 0.4) is 0 Å². The molecule has 0 aliphatic rings. The summed E-state index contributed by atoms with van der Waals surface area (Å²) in [6, 6.07) is 1.55. The van der Waals surface area contributed by atoms with Crippen molar-refractivity contribution in [2.24, 2.45) is 19.8 Å². The molecule has 3 N–H and O–H groups in total. The van der Waals surface area contributed by atoms with Gasteiger partial charge in [-0.2, -0.15) is 0 Å². The normalized spacial score (nSPS) is 11.0. The maximum atomic E-state index is 12.2. The number of aromatic nitrogens is 3. The van der Waals surface area contributed by atoms with Crippen LogP contribution < -0.4 is 22.3 Å². The average molecular weight is 333 g/mol. The highest BCUT2D eigenvalue weighted by Crippen LogP contribution is 2.13. The van der Waals surface area contributed by atoms with E-state index in [-0.39, 0.29) is 5.91 Å². The van der Waals surface area contributed by atoms with E-state index in [0.29, 0.717) is 29.7 Å². The number of nitrogens with one attached hydrogen (secondary N) is 1. The van der Waals surface area contributed by atoms with Crippen LogP contribution in [-0.4, -0.2) is 26.6 Å². The maximum absolute atomic E-state index is 12.2. The molecule has 0 aromatic carbocycles. The maximum Gasteiger partial charge on any atom is 0.332 e. The van der Waals surface area contributed by atoms with E-state index in [1.807, 2.05) is 0 Å².